The number of oxime groups is 1. The van der Waals surface area contributed by atoms with Crippen LogP contribution in [0.1, 0.15) is 72.1 Å². The summed E-state index contributed by atoms with van der Waals surface area (Å²) in [5, 5.41) is 17.2. The number of hydrogen-bond acceptors (Lipinski definition) is 6. The van der Waals surface area contributed by atoms with E-state index in [-0.39, 0.29) is 24.0 Å². The highest BCUT2D eigenvalue weighted by Crippen LogP contribution is 2.66. The largest absolute Gasteiger partial charge is 0.436 e. The average molecular weight is 546 g/mol. The molecule has 0 unspecified atom stereocenters. The highest BCUT2D eigenvalue weighted by molar-refractivity contribution is 5.91. The van der Waals surface area contributed by atoms with Crippen LogP contribution in [0, 0.1) is 34.5 Å². The SMILES string of the molecule is C/C(=N\OC(=O)N(CCO)CCNCC[N+](C)(C)C)[C@H]1CC[C@H]2[C@@H]3CCC4=CC(=O)CC[C@]4(C)[C@H]3CC[C@]12C. The molecule has 4 aliphatic rings. The van der Waals surface area contributed by atoms with Crippen molar-refractivity contribution in [1.82, 2.24) is 10.2 Å². The quantitative estimate of drug-likeness (QED) is 0.141. The molecule has 3 saturated carbocycles. The fourth-order valence-corrected chi connectivity index (χ4v) is 8.65. The molecule has 3 fully saturated rings. The minimum atomic E-state index is -0.494. The Morgan fingerprint density at radius 2 is 1.87 bits per heavy atom. The first-order valence-electron chi connectivity index (χ1n) is 15.3. The number of fused-ring (bicyclic) bond motifs is 5. The van der Waals surface area contributed by atoms with Crippen molar-refractivity contribution in [3.63, 3.8) is 0 Å². The van der Waals surface area contributed by atoms with Gasteiger partial charge in [0.05, 0.1) is 40.0 Å². The monoisotopic (exact) mass is 545 g/mol. The number of aliphatic hydroxyl groups is 1. The molecule has 0 saturated heterocycles. The lowest BCUT2D eigenvalue weighted by atomic mass is 9.46. The van der Waals surface area contributed by atoms with Gasteiger partial charge in [0.1, 0.15) is 0 Å². The standard InChI is InChI=1S/C31H53N4O4/c1-22(33-39-29(38)34(18-20-36)17-15-32-16-19-35(4,5)6)26-9-10-27-25-8-7-23-21-24(37)11-13-30(23,2)28(25)12-14-31(26,27)3/h21,25-28,32,36H,7-20H2,1-6H3/q+1/b33-22+/t25-,26+,27-,28-,30-,31+/m0/s1. The Labute approximate surface area is 235 Å². The maximum absolute atomic E-state index is 12.8. The van der Waals surface area contributed by atoms with Crippen molar-refractivity contribution in [3.8, 4) is 0 Å². The number of hydrogen-bond donors (Lipinski definition) is 2. The van der Waals surface area contributed by atoms with E-state index >= 15 is 0 Å². The topological polar surface area (TPSA) is 91.2 Å². The highest BCUT2D eigenvalue weighted by Gasteiger charge is 2.59. The number of quaternary nitrogens is 1. The summed E-state index contributed by atoms with van der Waals surface area (Å²) in [5.41, 5.74) is 2.69. The Hall–Kier alpha value is -1.77. The predicted octanol–water partition coefficient (Wildman–Crippen LogP) is 4.24. The molecule has 8 heteroatoms. The van der Waals surface area contributed by atoms with E-state index in [0.717, 1.165) is 49.0 Å². The number of carbonyl (C=O) groups is 2. The molecule has 0 spiro atoms. The number of rotatable bonds is 10. The van der Waals surface area contributed by atoms with Crippen LogP contribution >= 0.6 is 0 Å². The van der Waals surface area contributed by atoms with Gasteiger partial charge >= 0.3 is 6.09 Å². The summed E-state index contributed by atoms with van der Waals surface area (Å²) in [7, 11) is 6.45. The van der Waals surface area contributed by atoms with Gasteiger partial charge in [-0.3, -0.25) is 9.63 Å². The molecule has 0 bridgehead atoms. The van der Waals surface area contributed by atoms with Crippen molar-refractivity contribution in [2.45, 2.75) is 72.1 Å². The summed E-state index contributed by atoms with van der Waals surface area (Å²) >= 11 is 0. The van der Waals surface area contributed by atoms with Gasteiger partial charge in [-0.15, -0.1) is 0 Å². The van der Waals surface area contributed by atoms with E-state index in [2.05, 4.69) is 45.5 Å². The summed E-state index contributed by atoms with van der Waals surface area (Å²) in [6, 6.07) is 0. The van der Waals surface area contributed by atoms with E-state index in [1.54, 1.807) is 0 Å². The number of ketones is 1. The maximum Gasteiger partial charge on any atom is 0.436 e. The molecule has 0 radical (unpaired) electrons. The Balaban J connectivity index is 1.36. The maximum atomic E-state index is 12.8. The second-order valence-electron chi connectivity index (χ2n) is 14.2. The molecule has 0 heterocycles. The number of allylic oxidation sites excluding steroid dienone is 1. The lowest BCUT2D eigenvalue weighted by Crippen LogP contribution is -2.51. The van der Waals surface area contributed by atoms with Gasteiger partial charge in [-0.2, -0.15) is 0 Å². The van der Waals surface area contributed by atoms with Crippen LogP contribution < -0.4 is 5.32 Å². The smallest absolute Gasteiger partial charge is 0.395 e. The van der Waals surface area contributed by atoms with E-state index in [0.29, 0.717) is 49.0 Å². The van der Waals surface area contributed by atoms with Crippen LogP contribution in [0.15, 0.2) is 16.8 Å². The van der Waals surface area contributed by atoms with Crippen LogP contribution in [0.2, 0.25) is 0 Å². The molecular weight excluding hydrogens is 492 g/mol. The van der Waals surface area contributed by atoms with Gasteiger partial charge < -0.3 is 19.8 Å². The summed E-state index contributed by atoms with van der Waals surface area (Å²) in [6.07, 6.45) is 10.1. The van der Waals surface area contributed by atoms with Crippen LogP contribution in [0.25, 0.3) is 0 Å². The third kappa shape index (κ3) is 6.43. The number of nitrogens with zero attached hydrogens (tertiary/aromatic N) is 3. The molecule has 2 N–H and O–H groups in total. The normalized spacial score (nSPS) is 34.6. The second-order valence-corrected chi connectivity index (χ2v) is 14.2. The van der Waals surface area contributed by atoms with Crippen molar-refractivity contribution in [3.05, 3.63) is 11.6 Å². The zero-order valence-corrected chi connectivity index (χ0v) is 25.3. The number of aliphatic hydroxyl groups excluding tert-OH is 1. The third-order valence-corrected chi connectivity index (χ3v) is 10.9. The molecule has 0 aliphatic heterocycles. The predicted molar refractivity (Wildman–Crippen MR) is 154 cm³/mol. The minimum absolute atomic E-state index is 0.106. The average Bonchev–Trinajstić information content (AvgIpc) is 3.23. The van der Waals surface area contributed by atoms with Crippen molar-refractivity contribution < 1.29 is 24.0 Å². The Kier molecular flexibility index (Phi) is 9.29. The number of carbonyl (C=O) groups excluding carboxylic acids is 2. The fourth-order valence-electron chi connectivity index (χ4n) is 8.65. The van der Waals surface area contributed by atoms with Crippen molar-refractivity contribution >= 4 is 17.6 Å². The molecule has 8 nitrogen and oxygen atoms in total. The van der Waals surface area contributed by atoms with Crippen LogP contribution in [0.3, 0.4) is 0 Å². The minimum Gasteiger partial charge on any atom is -0.395 e. The first-order valence-corrected chi connectivity index (χ1v) is 15.3. The second kappa shape index (κ2) is 12.0. The Morgan fingerprint density at radius 3 is 2.59 bits per heavy atom. The highest BCUT2D eigenvalue weighted by atomic mass is 16.7. The molecule has 0 aromatic heterocycles. The van der Waals surface area contributed by atoms with E-state index in [1.165, 1.54) is 29.7 Å². The van der Waals surface area contributed by atoms with Crippen molar-refractivity contribution in [1.29, 1.82) is 0 Å². The molecule has 39 heavy (non-hydrogen) atoms. The molecule has 4 rings (SSSR count). The van der Waals surface area contributed by atoms with Crippen LogP contribution in [0.5, 0.6) is 0 Å². The summed E-state index contributed by atoms with van der Waals surface area (Å²) < 4.78 is 0.879. The first kappa shape index (κ1) is 30.2. The van der Waals surface area contributed by atoms with Crippen LogP contribution in [-0.4, -0.2) is 92.6 Å². The summed E-state index contributed by atoms with van der Waals surface area (Å²) in [5.74, 6) is 2.65. The fraction of sp³-hybridized carbons (Fsp3) is 0.839. The molecule has 1 amide bonds. The molecule has 4 aliphatic carbocycles. The van der Waals surface area contributed by atoms with Gasteiger partial charge in [0, 0.05) is 38.5 Å². The van der Waals surface area contributed by atoms with Gasteiger partial charge in [0.25, 0.3) is 0 Å². The summed E-state index contributed by atoms with van der Waals surface area (Å²) in [4.78, 5) is 32.0. The zero-order chi connectivity index (χ0) is 28.4. The Morgan fingerprint density at radius 1 is 1.10 bits per heavy atom. The van der Waals surface area contributed by atoms with Crippen molar-refractivity contribution in [2.75, 3.05) is 60.5 Å². The van der Waals surface area contributed by atoms with Crippen LogP contribution in [0.4, 0.5) is 4.79 Å². The van der Waals surface area contributed by atoms with Gasteiger partial charge in [0.15, 0.2) is 5.78 Å². The molecule has 0 aromatic carbocycles. The van der Waals surface area contributed by atoms with E-state index in [1.807, 2.05) is 13.0 Å². The van der Waals surface area contributed by atoms with E-state index < -0.39 is 6.09 Å². The molecular formula is C31H53N4O4+. The van der Waals surface area contributed by atoms with E-state index in [9.17, 15) is 14.7 Å². The van der Waals surface area contributed by atoms with Crippen molar-refractivity contribution in [2.24, 2.45) is 39.7 Å². The third-order valence-electron chi connectivity index (χ3n) is 10.9. The number of nitrogens with one attached hydrogen (secondary N) is 1. The van der Waals surface area contributed by atoms with Crippen LogP contribution in [-0.2, 0) is 9.63 Å². The van der Waals surface area contributed by atoms with Gasteiger partial charge in [-0.25, -0.2) is 4.79 Å². The van der Waals surface area contributed by atoms with E-state index in [4.69, 9.17) is 4.84 Å². The lowest BCUT2D eigenvalue weighted by Gasteiger charge is -2.58. The molecule has 220 valence electrons. The number of likely N-dealkylation sites (N-methyl/N-ethyl adjacent to an activating group) is 1. The summed E-state index contributed by atoms with van der Waals surface area (Å²) in [6.45, 7) is 10.0. The number of amides is 1. The lowest BCUT2D eigenvalue weighted by molar-refractivity contribution is -0.869. The first-order chi connectivity index (χ1) is 18.4. The molecule has 6 atom stereocenters. The zero-order valence-electron chi connectivity index (χ0n) is 25.3. The Bertz CT molecular complexity index is 972. The molecule has 0 aromatic rings. The van der Waals surface area contributed by atoms with Gasteiger partial charge in [-0.1, -0.05) is 24.6 Å². The van der Waals surface area contributed by atoms with Gasteiger partial charge in [0.2, 0.25) is 0 Å². The van der Waals surface area contributed by atoms with Gasteiger partial charge in [-0.05, 0) is 86.5 Å².